The van der Waals surface area contributed by atoms with Crippen LogP contribution in [0.15, 0.2) is 0 Å². The molecular formula is C3H5I3O3S. The van der Waals surface area contributed by atoms with E-state index in [0.717, 1.165) is 0 Å². The largest absolute Gasteiger partial charge is 0.273 e. The van der Waals surface area contributed by atoms with Crippen LogP contribution in [0.2, 0.25) is 0 Å². The summed E-state index contributed by atoms with van der Waals surface area (Å²) in [6, 6.07) is 0. The van der Waals surface area contributed by atoms with E-state index in [1.807, 2.05) is 67.8 Å². The van der Waals surface area contributed by atoms with Crippen LogP contribution in [0.5, 0.6) is 0 Å². The lowest BCUT2D eigenvalue weighted by molar-refractivity contribution is 0.399. The van der Waals surface area contributed by atoms with Gasteiger partial charge in [-0.15, -0.1) is 0 Å². The second kappa shape index (κ2) is 4.37. The third-order valence-electron chi connectivity index (χ3n) is 0.594. The first-order chi connectivity index (χ1) is 4.27. The number of hydrogen-bond donors (Lipinski definition) is 0. The van der Waals surface area contributed by atoms with Gasteiger partial charge in [0.15, 0.2) is 0 Å². The van der Waals surface area contributed by atoms with Crippen molar-refractivity contribution in [3.8, 4) is 0 Å². The fourth-order valence-corrected chi connectivity index (χ4v) is 4.21. The molecule has 0 spiro atoms. The average molecular weight is 502 g/mol. The number of rotatable bonds is 3. The van der Waals surface area contributed by atoms with Gasteiger partial charge in [0.05, 0.1) is 7.11 Å². The number of hydrogen-bond acceptors (Lipinski definition) is 3. The zero-order chi connectivity index (χ0) is 8.41. The smallest absolute Gasteiger partial charge is 0.269 e. The average Bonchev–Trinajstić information content (AvgIpc) is 1.60. The minimum atomic E-state index is -3.30. The molecule has 62 valence electrons. The zero-order valence-corrected chi connectivity index (χ0v) is 12.3. The van der Waals surface area contributed by atoms with E-state index in [-0.39, 0.29) is 5.19 Å². The van der Waals surface area contributed by atoms with Crippen LogP contribution in [0.4, 0.5) is 0 Å². The van der Waals surface area contributed by atoms with Gasteiger partial charge >= 0.3 is 0 Å². The minimum absolute atomic E-state index is 0.0260. The van der Waals surface area contributed by atoms with Crippen LogP contribution < -0.4 is 0 Å². The molecule has 0 saturated heterocycles. The maximum atomic E-state index is 10.8. The Bertz CT molecular complexity index is 192. The number of halogens is 3. The van der Waals surface area contributed by atoms with Crippen molar-refractivity contribution in [2.45, 2.75) is -0.565 Å². The monoisotopic (exact) mass is 502 g/mol. The molecule has 0 aromatic carbocycles. The predicted molar refractivity (Wildman–Crippen MR) is 65.6 cm³/mol. The number of alkyl halides is 3. The van der Waals surface area contributed by atoms with Crippen molar-refractivity contribution in [3.63, 3.8) is 0 Å². The molecule has 0 amide bonds. The first kappa shape index (κ1) is 12.1. The summed E-state index contributed by atoms with van der Waals surface area (Å²) in [5.74, 6) is 0.0260. The van der Waals surface area contributed by atoms with E-state index in [4.69, 9.17) is 0 Å². The molecule has 0 heterocycles. The molecule has 0 rings (SSSR count). The molecule has 0 atom stereocenters. The van der Waals surface area contributed by atoms with Gasteiger partial charge < -0.3 is 0 Å². The molecule has 0 saturated carbocycles. The summed E-state index contributed by atoms with van der Waals surface area (Å²) >= 11 is 6.12. The standard InChI is InChI=1S/C3H5I3O3S/c1-9-10(7,8)2-3(4,5)6/h2H2,1H3. The van der Waals surface area contributed by atoms with Gasteiger partial charge in [0.25, 0.3) is 10.1 Å². The van der Waals surface area contributed by atoms with Crippen molar-refractivity contribution >= 4 is 77.9 Å². The van der Waals surface area contributed by atoms with E-state index < -0.39 is 10.1 Å². The highest BCUT2D eigenvalue weighted by Gasteiger charge is 2.26. The van der Waals surface area contributed by atoms with Gasteiger partial charge in [0.2, 0.25) is 0 Å². The Morgan fingerprint density at radius 3 is 1.90 bits per heavy atom. The molecule has 7 heteroatoms. The second-order valence-corrected chi connectivity index (χ2v) is 14.9. The van der Waals surface area contributed by atoms with Gasteiger partial charge in [0.1, 0.15) is 5.19 Å². The molecule has 0 aliphatic carbocycles. The van der Waals surface area contributed by atoms with Crippen LogP contribution in [0, 0.1) is 0 Å². The van der Waals surface area contributed by atoms with Crippen LogP contribution in [0.25, 0.3) is 0 Å². The summed E-state index contributed by atoms with van der Waals surface area (Å²) in [6.07, 6.45) is 0. The van der Waals surface area contributed by atoms with Gasteiger partial charge in [-0.05, 0) is 0 Å². The highest BCUT2D eigenvalue weighted by Crippen LogP contribution is 2.36. The molecule has 0 radical (unpaired) electrons. The summed E-state index contributed by atoms with van der Waals surface area (Å²) in [7, 11) is -2.13. The van der Waals surface area contributed by atoms with E-state index in [2.05, 4.69) is 4.18 Å². The minimum Gasteiger partial charge on any atom is -0.273 e. The van der Waals surface area contributed by atoms with Crippen LogP contribution in [0.1, 0.15) is 0 Å². The van der Waals surface area contributed by atoms with Crippen LogP contribution >= 0.6 is 67.8 Å². The maximum Gasteiger partial charge on any atom is 0.269 e. The Hall–Kier alpha value is 2.10. The summed E-state index contributed by atoms with van der Waals surface area (Å²) in [6.45, 7) is 0. The SMILES string of the molecule is COS(=O)(=O)CC(I)(I)I. The summed E-state index contributed by atoms with van der Waals surface area (Å²) < 4.78 is 25.5. The van der Waals surface area contributed by atoms with Gasteiger partial charge in [-0.2, -0.15) is 8.42 Å². The Labute approximate surface area is 101 Å². The first-order valence-corrected chi connectivity index (χ1v) is 6.93. The summed E-state index contributed by atoms with van der Waals surface area (Å²) in [4.78, 5) is 0. The molecular weight excluding hydrogens is 497 g/mol. The zero-order valence-electron chi connectivity index (χ0n) is 4.97. The molecule has 0 aromatic rings. The second-order valence-electron chi connectivity index (χ2n) is 1.48. The molecule has 0 N–H and O–H groups in total. The molecule has 0 bridgehead atoms. The van der Waals surface area contributed by atoms with Crippen molar-refractivity contribution in [2.75, 3.05) is 12.9 Å². The van der Waals surface area contributed by atoms with Gasteiger partial charge in [-0.25, -0.2) is 0 Å². The first-order valence-electron chi connectivity index (χ1n) is 2.12. The Kier molecular flexibility index (Phi) is 5.29. The van der Waals surface area contributed by atoms with E-state index in [1.165, 1.54) is 7.11 Å². The van der Waals surface area contributed by atoms with Crippen molar-refractivity contribution in [1.29, 1.82) is 0 Å². The lowest BCUT2D eigenvalue weighted by Crippen LogP contribution is -2.18. The van der Waals surface area contributed by atoms with E-state index in [1.54, 1.807) is 0 Å². The predicted octanol–water partition coefficient (Wildman–Crippen LogP) is 1.92. The maximum absolute atomic E-state index is 10.8. The molecule has 3 nitrogen and oxygen atoms in total. The highest BCUT2D eigenvalue weighted by atomic mass is 127. The van der Waals surface area contributed by atoms with Crippen molar-refractivity contribution < 1.29 is 12.6 Å². The van der Waals surface area contributed by atoms with Crippen LogP contribution in [-0.4, -0.2) is 20.7 Å². The Morgan fingerprint density at radius 1 is 1.40 bits per heavy atom. The van der Waals surface area contributed by atoms with Gasteiger partial charge in [0, 0.05) is 0 Å². The fourth-order valence-electron chi connectivity index (χ4n) is 0.259. The molecule has 0 aliphatic heterocycles. The third kappa shape index (κ3) is 6.79. The van der Waals surface area contributed by atoms with Gasteiger partial charge in [-0.1, -0.05) is 67.8 Å². The molecule has 10 heavy (non-hydrogen) atoms. The van der Waals surface area contributed by atoms with Crippen molar-refractivity contribution in [3.05, 3.63) is 0 Å². The third-order valence-corrected chi connectivity index (χ3v) is 4.59. The quantitative estimate of drug-likeness (QED) is 0.337. The molecule has 0 fully saturated rings. The summed E-state index contributed by atoms with van der Waals surface area (Å²) in [5, 5.41) is 0. The molecule has 0 aromatic heterocycles. The Morgan fingerprint density at radius 2 is 1.80 bits per heavy atom. The topological polar surface area (TPSA) is 43.4 Å². The normalized spacial score (nSPS) is 13.6. The Balaban J connectivity index is 4.18. The lowest BCUT2D eigenvalue weighted by Gasteiger charge is -2.10. The van der Waals surface area contributed by atoms with E-state index in [0.29, 0.717) is 0 Å². The van der Waals surface area contributed by atoms with Crippen LogP contribution in [0.3, 0.4) is 0 Å². The van der Waals surface area contributed by atoms with E-state index in [9.17, 15) is 8.42 Å². The lowest BCUT2D eigenvalue weighted by atomic mass is 11.0. The highest BCUT2D eigenvalue weighted by molar-refractivity contribution is 14.3. The molecule has 0 unspecified atom stereocenters. The van der Waals surface area contributed by atoms with Crippen molar-refractivity contribution in [2.24, 2.45) is 0 Å². The van der Waals surface area contributed by atoms with E-state index >= 15 is 0 Å². The fraction of sp³-hybridized carbons (Fsp3) is 1.00. The van der Waals surface area contributed by atoms with Gasteiger partial charge in [-0.3, -0.25) is 4.18 Å². The van der Waals surface area contributed by atoms with Crippen molar-refractivity contribution in [1.82, 2.24) is 0 Å². The summed E-state index contributed by atoms with van der Waals surface area (Å²) in [5.41, 5.74) is 0. The van der Waals surface area contributed by atoms with Crippen LogP contribution in [-0.2, 0) is 14.3 Å². The molecule has 0 aliphatic rings.